The molecule has 26 heavy (non-hydrogen) atoms. The van der Waals surface area contributed by atoms with Gasteiger partial charge >= 0.3 is 0 Å². The minimum atomic E-state index is -0.0605. The average molecular weight is 345 g/mol. The molecule has 0 spiro atoms. The Labute approximate surface area is 154 Å². The molecule has 0 unspecified atom stereocenters. The second-order valence-electron chi connectivity index (χ2n) is 6.81. The Balaban J connectivity index is 1.69. The molecule has 2 aliphatic rings. The number of amides is 1. The van der Waals surface area contributed by atoms with Crippen molar-refractivity contribution in [3.8, 4) is 0 Å². The zero-order valence-electron chi connectivity index (χ0n) is 14.8. The zero-order chi connectivity index (χ0) is 17.8. The minimum absolute atomic E-state index is 0.0605. The number of nitrogens with zero attached hydrogens (tertiary/aromatic N) is 2. The van der Waals surface area contributed by atoms with E-state index >= 15 is 0 Å². The average Bonchev–Trinajstić information content (AvgIpc) is 2.99. The number of aliphatic imine (C=N–C) groups is 1. The maximum Gasteiger partial charge on any atom is 0.281 e. The van der Waals surface area contributed by atoms with Crippen LogP contribution in [0.2, 0.25) is 0 Å². The Kier molecular flexibility index (Phi) is 4.82. The highest BCUT2D eigenvalue weighted by molar-refractivity contribution is 6.29. The summed E-state index contributed by atoms with van der Waals surface area (Å²) in [6, 6.07) is 19.9. The molecule has 0 bridgehead atoms. The lowest BCUT2D eigenvalue weighted by Crippen LogP contribution is -2.34. The van der Waals surface area contributed by atoms with E-state index in [-0.39, 0.29) is 5.91 Å². The molecule has 1 aliphatic heterocycles. The second-order valence-corrected chi connectivity index (χ2v) is 6.81. The molecule has 2 aromatic carbocycles. The molecule has 1 N–H and O–H groups in total. The van der Waals surface area contributed by atoms with Crippen LogP contribution in [0.3, 0.4) is 0 Å². The van der Waals surface area contributed by atoms with Crippen molar-refractivity contribution in [3.05, 3.63) is 71.9 Å². The molecule has 4 nitrogen and oxygen atoms in total. The molecule has 1 saturated heterocycles. The lowest BCUT2D eigenvalue weighted by atomic mass is 9.96. The number of hydrogen-bond acceptors (Lipinski definition) is 2. The van der Waals surface area contributed by atoms with Gasteiger partial charge in [0.25, 0.3) is 5.91 Å². The number of benzene rings is 2. The van der Waals surface area contributed by atoms with E-state index in [4.69, 9.17) is 4.99 Å². The van der Waals surface area contributed by atoms with Crippen LogP contribution in [0, 0.1) is 0 Å². The summed E-state index contributed by atoms with van der Waals surface area (Å²) in [4.78, 5) is 19.7. The smallest absolute Gasteiger partial charge is 0.281 e. The van der Waals surface area contributed by atoms with Gasteiger partial charge in [-0.25, -0.2) is 9.89 Å². The zero-order valence-corrected chi connectivity index (χ0v) is 14.8. The van der Waals surface area contributed by atoms with Gasteiger partial charge in [0.05, 0.1) is 11.7 Å². The molecular weight excluding hydrogens is 322 g/mol. The number of guanidine groups is 1. The van der Waals surface area contributed by atoms with E-state index in [2.05, 4.69) is 5.32 Å². The van der Waals surface area contributed by atoms with Crippen LogP contribution in [0.5, 0.6) is 0 Å². The third-order valence-corrected chi connectivity index (χ3v) is 4.90. The van der Waals surface area contributed by atoms with E-state index in [1.165, 1.54) is 19.3 Å². The summed E-state index contributed by atoms with van der Waals surface area (Å²) in [5.74, 6) is 0.588. The number of carbonyl (C=O) groups excluding carboxylic acids is 1. The van der Waals surface area contributed by atoms with Gasteiger partial charge in [0.1, 0.15) is 5.70 Å². The van der Waals surface area contributed by atoms with Gasteiger partial charge in [0.15, 0.2) is 0 Å². The summed E-state index contributed by atoms with van der Waals surface area (Å²) in [7, 11) is 0. The van der Waals surface area contributed by atoms with Crippen LogP contribution < -0.4 is 10.2 Å². The molecule has 4 rings (SSSR count). The molecule has 1 amide bonds. The first-order chi connectivity index (χ1) is 12.8. The van der Waals surface area contributed by atoms with Crippen LogP contribution in [0.25, 0.3) is 6.08 Å². The first-order valence-corrected chi connectivity index (χ1v) is 9.32. The summed E-state index contributed by atoms with van der Waals surface area (Å²) < 4.78 is 0. The molecule has 0 atom stereocenters. The highest BCUT2D eigenvalue weighted by Crippen LogP contribution is 2.25. The fourth-order valence-corrected chi connectivity index (χ4v) is 3.55. The van der Waals surface area contributed by atoms with Crippen LogP contribution in [0.1, 0.15) is 37.7 Å². The minimum Gasteiger partial charge on any atom is -0.321 e. The topological polar surface area (TPSA) is 44.7 Å². The van der Waals surface area contributed by atoms with Gasteiger partial charge < -0.3 is 5.32 Å². The maximum atomic E-state index is 13.1. The van der Waals surface area contributed by atoms with Gasteiger partial charge in [0, 0.05) is 0 Å². The number of rotatable bonds is 3. The summed E-state index contributed by atoms with van der Waals surface area (Å²) >= 11 is 0. The van der Waals surface area contributed by atoms with E-state index in [0.717, 1.165) is 24.1 Å². The van der Waals surface area contributed by atoms with E-state index < -0.39 is 0 Å². The third-order valence-electron chi connectivity index (χ3n) is 4.90. The maximum absolute atomic E-state index is 13.1. The summed E-state index contributed by atoms with van der Waals surface area (Å²) in [5.41, 5.74) is 2.40. The van der Waals surface area contributed by atoms with Crippen molar-refractivity contribution in [1.29, 1.82) is 0 Å². The quantitative estimate of drug-likeness (QED) is 0.841. The van der Waals surface area contributed by atoms with Gasteiger partial charge in [-0.05, 0) is 36.6 Å². The molecule has 2 aromatic rings. The lowest BCUT2D eigenvalue weighted by Gasteiger charge is -2.21. The first-order valence-electron chi connectivity index (χ1n) is 9.32. The molecule has 0 radical (unpaired) electrons. The molecule has 0 aromatic heterocycles. The lowest BCUT2D eigenvalue weighted by molar-refractivity contribution is -0.113. The van der Waals surface area contributed by atoms with Crippen LogP contribution in [0.4, 0.5) is 5.69 Å². The monoisotopic (exact) mass is 345 g/mol. The molecule has 1 heterocycles. The highest BCUT2D eigenvalue weighted by Gasteiger charge is 2.33. The Hall–Kier alpha value is -2.88. The summed E-state index contributed by atoms with van der Waals surface area (Å²) in [6.07, 6.45) is 7.80. The van der Waals surface area contributed by atoms with Gasteiger partial charge in [-0.1, -0.05) is 67.8 Å². The summed E-state index contributed by atoms with van der Waals surface area (Å²) in [6.45, 7) is 0. The number of hydrogen-bond donors (Lipinski definition) is 1. The van der Waals surface area contributed by atoms with E-state index in [0.29, 0.717) is 17.7 Å². The summed E-state index contributed by atoms with van der Waals surface area (Å²) in [5, 5.41) is 3.27. The van der Waals surface area contributed by atoms with E-state index in [1.807, 2.05) is 66.7 Å². The highest BCUT2D eigenvalue weighted by atomic mass is 16.2. The number of nitrogens with one attached hydrogen (secondary N) is 1. The number of para-hydroxylation sites is 1. The fraction of sp³-hybridized carbons (Fsp3) is 0.273. The molecular formula is C22H23N3O. The van der Waals surface area contributed by atoms with Gasteiger partial charge in [-0.2, -0.15) is 0 Å². The van der Waals surface area contributed by atoms with Crippen LogP contribution in [0.15, 0.2) is 71.4 Å². The van der Waals surface area contributed by atoms with Crippen LogP contribution in [-0.4, -0.2) is 17.9 Å². The van der Waals surface area contributed by atoms with Crippen molar-refractivity contribution >= 4 is 23.6 Å². The molecule has 1 saturated carbocycles. The van der Waals surface area contributed by atoms with Crippen molar-refractivity contribution in [2.75, 3.05) is 4.90 Å². The van der Waals surface area contributed by atoms with Crippen molar-refractivity contribution in [1.82, 2.24) is 5.32 Å². The van der Waals surface area contributed by atoms with Crippen LogP contribution in [-0.2, 0) is 4.79 Å². The normalized spacial score (nSPS) is 21.4. The Morgan fingerprint density at radius 1 is 0.923 bits per heavy atom. The van der Waals surface area contributed by atoms with Gasteiger partial charge in [0.2, 0.25) is 5.96 Å². The molecule has 2 fully saturated rings. The molecule has 132 valence electrons. The largest absolute Gasteiger partial charge is 0.321 e. The third kappa shape index (κ3) is 3.54. The van der Waals surface area contributed by atoms with Crippen molar-refractivity contribution in [2.24, 2.45) is 4.99 Å². The van der Waals surface area contributed by atoms with Crippen molar-refractivity contribution < 1.29 is 4.79 Å². The van der Waals surface area contributed by atoms with Crippen molar-refractivity contribution in [3.63, 3.8) is 0 Å². The SMILES string of the molecule is O=C1C(=Cc2ccccc2)NC(=NC2CCCCC2)N1c1ccccc1. The van der Waals surface area contributed by atoms with E-state index in [9.17, 15) is 4.79 Å². The molecule has 4 heteroatoms. The second kappa shape index (κ2) is 7.56. The first kappa shape index (κ1) is 16.6. The van der Waals surface area contributed by atoms with Gasteiger partial charge in [-0.15, -0.1) is 0 Å². The number of anilines is 1. The predicted octanol–water partition coefficient (Wildman–Crippen LogP) is 4.35. The van der Waals surface area contributed by atoms with Crippen LogP contribution >= 0.6 is 0 Å². The Bertz CT molecular complexity index is 821. The Morgan fingerprint density at radius 3 is 2.27 bits per heavy atom. The van der Waals surface area contributed by atoms with Crippen molar-refractivity contribution in [2.45, 2.75) is 38.1 Å². The fourth-order valence-electron chi connectivity index (χ4n) is 3.55. The van der Waals surface area contributed by atoms with Gasteiger partial charge in [-0.3, -0.25) is 4.79 Å². The predicted molar refractivity (Wildman–Crippen MR) is 106 cm³/mol. The standard InChI is InChI=1S/C22H23N3O/c26-21-20(16-17-10-4-1-5-11-17)24-22(23-18-12-6-2-7-13-18)25(21)19-14-8-3-9-15-19/h1,3-5,8-11,14-16,18H,2,6-7,12-13H2,(H,23,24). The molecule has 1 aliphatic carbocycles. The Morgan fingerprint density at radius 2 is 1.58 bits per heavy atom. The van der Waals surface area contributed by atoms with E-state index in [1.54, 1.807) is 4.90 Å². The number of carbonyl (C=O) groups is 1.